The quantitative estimate of drug-likeness (QED) is 0.432. The predicted molar refractivity (Wildman–Crippen MR) is 46.1 cm³/mol. The Balaban J connectivity index is 0.000000211. The molecule has 0 saturated carbocycles. The average molecular weight is 171 g/mol. The molecule has 0 bridgehead atoms. The van der Waals surface area contributed by atoms with E-state index in [2.05, 4.69) is 21.0 Å². The fraction of sp³-hybridized carbons (Fsp3) is 0.500. The molecule has 68 valence electrons. The number of hydrogen-bond donors (Lipinski definition) is 0. The van der Waals surface area contributed by atoms with Crippen molar-refractivity contribution in [1.82, 2.24) is 0 Å². The minimum Gasteiger partial charge on any atom is -0.482 e. The third kappa shape index (κ3) is 5.46. The summed E-state index contributed by atoms with van der Waals surface area (Å²) >= 11 is 0. The van der Waals surface area contributed by atoms with Crippen LogP contribution in [0.1, 0.15) is 6.92 Å². The predicted octanol–water partition coefficient (Wildman–Crippen LogP) is 0.780. The summed E-state index contributed by atoms with van der Waals surface area (Å²) in [5, 5.41) is 0. The highest BCUT2D eigenvalue weighted by Crippen LogP contribution is 1.87. The van der Waals surface area contributed by atoms with Crippen LogP contribution in [-0.2, 0) is 14.3 Å². The van der Waals surface area contributed by atoms with Crippen molar-refractivity contribution >= 4 is 12.4 Å². The Morgan fingerprint density at radius 2 is 2.42 bits per heavy atom. The van der Waals surface area contributed by atoms with Gasteiger partial charge in [-0.1, -0.05) is 6.58 Å². The molecule has 1 aliphatic rings. The Hall–Kier alpha value is -1.32. The van der Waals surface area contributed by atoms with Crippen LogP contribution in [-0.4, -0.2) is 32.6 Å². The molecule has 0 fully saturated rings. The second kappa shape index (κ2) is 6.39. The summed E-state index contributed by atoms with van der Waals surface area (Å²) in [6.07, 6.45) is 1.49. The first-order valence-electron chi connectivity index (χ1n) is 3.52. The summed E-state index contributed by atoms with van der Waals surface area (Å²) in [7, 11) is 1.33. The molecule has 1 heterocycles. The molecule has 4 heteroatoms. The van der Waals surface area contributed by atoms with Gasteiger partial charge in [-0.3, -0.25) is 4.99 Å². The van der Waals surface area contributed by atoms with E-state index >= 15 is 0 Å². The Bertz CT molecular complexity index is 181. The van der Waals surface area contributed by atoms with Crippen molar-refractivity contribution in [3.05, 3.63) is 12.2 Å². The van der Waals surface area contributed by atoms with Crippen molar-refractivity contribution in [2.24, 2.45) is 4.99 Å². The van der Waals surface area contributed by atoms with Crippen molar-refractivity contribution in [2.45, 2.75) is 6.92 Å². The average Bonchev–Trinajstić information content (AvgIpc) is 2.59. The number of esters is 1. The zero-order valence-corrected chi connectivity index (χ0v) is 7.37. The van der Waals surface area contributed by atoms with Gasteiger partial charge in [-0.2, -0.15) is 0 Å². The lowest BCUT2D eigenvalue weighted by Gasteiger charge is -1.91. The molecule has 0 amide bonds. The highest BCUT2D eigenvalue weighted by atomic mass is 16.5. The number of ether oxygens (including phenoxy) is 2. The highest BCUT2D eigenvalue weighted by Gasteiger charge is 1.95. The van der Waals surface area contributed by atoms with Crippen LogP contribution in [0.4, 0.5) is 0 Å². The number of nitrogens with zero attached hydrogens (tertiary/aromatic N) is 1. The lowest BCUT2D eigenvalue weighted by Crippen LogP contribution is -1.98. The van der Waals surface area contributed by atoms with Crippen LogP contribution >= 0.6 is 0 Å². The Labute approximate surface area is 71.9 Å². The van der Waals surface area contributed by atoms with Crippen molar-refractivity contribution in [3.63, 3.8) is 0 Å². The molecule has 12 heavy (non-hydrogen) atoms. The van der Waals surface area contributed by atoms with Crippen molar-refractivity contribution in [1.29, 1.82) is 0 Å². The van der Waals surface area contributed by atoms with Gasteiger partial charge < -0.3 is 9.47 Å². The summed E-state index contributed by atoms with van der Waals surface area (Å²) in [6, 6.07) is 0. The maximum Gasteiger partial charge on any atom is 0.332 e. The van der Waals surface area contributed by atoms with Gasteiger partial charge >= 0.3 is 5.97 Å². The maximum absolute atomic E-state index is 10.2. The molecule has 0 radical (unpaired) electrons. The number of methoxy groups -OCH3 is 1. The van der Waals surface area contributed by atoms with Gasteiger partial charge in [0.15, 0.2) is 6.40 Å². The second-order valence-electron chi connectivity index (χ2n) is 2.15. The summed E-state index contributed by atoms with van der Waals surface area (Å²) in [6.45, 7) is 6.58. The summed E-state index contributed by atoms with van der Waals surface area (Å²) < 4.78 is 8.93. The first kappa shape index (κ1) is 10.7. The van der Waals surface area contributed by atoms with E-state index in [0.717, 1.165) is 13.2 Å². The molecule has 0 spiro atoms. The van der Waals surface area contributed by atoms with Gasteiger partial charge in [0.1, 0.15) is 6.61 Å². The molecule has 0 saturated heterocycles. The SMILES string of the molecule is C1=NCCO1.C=C(C)C(=O)OC. The summed E-state index contributed by atoms with van der Waals surface area (Å²) in [4.78, 5) is 13.9. The van der Waals surface area contributed by atoms with E-state index in [1.807, 2.05) is 0 Å². The minimum absolute atomic E-state index is 0.347. The van der Waals surface area contributed by atoms with Crippen molar-refractivity contribution < 1.29 is 14.3 Å². The second-order valence-corrected chi connectivity index (χ2v) is 2.15. The van der Waals surface area contributed by atoms with Gasteiger partial charge in [0, 0.05) is 5.57 Å². The number of hydrogen-bond acceptors (Lipinski definition) is 4. The fourth-order valence-electron chi connectivity index (χ4n) is 0.438. The van der Waals surface area contributed by atoms with E-state index in [1.165, 1.54) is 13.5 Å². The van der Waals surface area contributed by atoms with Crippen LogP contribution in [0.25, 0.3) is 0 Å². The number of rotatable bonds is 1. The lowest BCUT2D eigenvalue weighted by atomic mass is 10.4. The zero-order chi connectivity index (χ0) is 9.40. The topological polar surface area (TPSA) is 47.9 Å². The van der Waals surface area contributed by atoms with Gasteiger partial charge in [0.25, 0.3) is 0 Å². The smallest absolute Gasteiger partial charge is 0.332 e. The molecule has 4 nitrogen and oxygen atoms in total. The van der Waals surface area contributed by atoms with Crippen molar-refractivity contribution in [2.75, 3.05) is 20.3 Å². The third-order valence-electron chi connectivity index (χ3n) is 1.02. The van der Waals surface area contributed by atoms with Gasteiger partial charge in [-0.15, -0.1) is 0 Å². The highest BCUT2D eigenvalue weighted by molar-refractivity contribution is 5.86. The zero-order valence-electron chi connectivity index (χ0n) is 7.37. The van der Waals surface area contributed by atoms with Crippen LogP contribution in [0.3, 0.4) is 0 Å². The molecule has 1 rings (SSSR count). The molecule has 0 aromatic rings. The number of carbonyl (C=O) groups excluding carboxylic acids is 1. The van der Waals surface area contributed by atoms with E-state index in [9.17, 15) is 4.79 Å². The Kier molecular flexibility index (Phi) is 5.69. The maximum atomic E-state index is 10.2. The minimum atomic E-state index is -0.347. The van der Waals surface area contributed by atoms with Gasteiger partial charge in [0.2, 0.25) is 0 Å². The molecule has 1 aliphatic heterocycles. The largest absolute Gasteiger partial charge is 0.482 e. The van der Waals surface area contributed by atoms with Crippen LogP contribution in [0.5, 0.6) is 0 Å². The molecule has 0 aliphatic carbocycles. The first-order valence-corrected chi connectivity index (χ1v) is 3.52. The standard InChI is InChI=1S/C5H8O2.C3H5NO/c1-4(2)5(6)7-3;1-2-5-3-4-1/h1H2,2-3H3;3H,1-2H2. The summed E-state index contributed by atoms with van der Waals surface area (Å²) in [5.41, 5.74) is 0.433. The molecule has 0 atom stereocenters. The summed E-state index contributed by atoms with van der Waals surface area (Å²) in [5.74, 6) is -0.347. The van der Waals surface area contributed by atoms with Crippen molar-refractivity contribution in [3.8, 4) is 0 Å². The number of aliphatic imine (C=N–C) groups is 1. The fourth-order valence-corrected chi connectivity index (χ4v) is 0.438. The monoisotopic (exact) mass is 171 g/mol. The van der Waals surface area contributed by atoms with E-state index in [-0.39, 0.29) is 5.97 Å². The van der Waals surface area contributed by atoms with E-state index < -0.39 is 0 Å². The van der Waals surface area contributed by atoms with Gasteiger partial charge in [-0.25, -0.2) is 4.79 Å². The molecule has 0 aromatic carbocycles. The van der Waals surface area contributed by atoms with Crippen LogP contribution in [0.2, 0.25) is 0 Å². The normalized spacial score (nSPS) is 12.5. The van der Waals surface area contributed by atoms with Crippen LogP contribution < -0.4 is 0 Å². The molecule has 0 unspecified atom stereocenters. The van der Waals surface area contributed by atoms with Crippen LogP contribution in [0, 0.1) is 0 Å². The van der Waals surface area contributed by atoms with E-state index in [0.29, 0.717) is 5.57 Å². The van der Waals surface area contributed by atoms with Gasteiger partial charge in [0.05, 0.1) is 13.7 Å². The number of carbonyl (C=O) groups is 1. The molecule has 0 N–H and O–H groups in total. The Morgan fingerprint density at radius 1 is 1.75 bits per heavy atom. The molecular formula is C8H13NO3. The van der Waals surface area contributed by atoms with E-state index in [4.69, 9.17) is 0 Å². The lowest BCUT2D eigenvalue weighted by molar-refractivity contribution is -0.136. The molecule has 0 aromatic heterocycles. The third-order valence-corrected chi connectivity index (χ3v) is 1.02. The Morgan fingerprint density at radius 3 is 2.50 bits per heavy atom. The first-order chi connectivity index (χ1) is 5.68. The van der Waals surface area contributed by atoms with E-state index in [1.54, 1.807) is 6.92 Å². The molecular weight excluding hydrogens is 158 g/mol. The van der Waals surface area contributed by atoms with Gasteiger partial charge in [-0.05, 0) is 6.92 Å². The van der Waals surface area contributed by atoms with Crippen LogP contribution in [0.15, 0.2) is 17.1 Å².